The third-order valence-electron chi connectivity index (χ3n) is 3.02. The van der Waals surface area contributed by atoms with Gasteiger partial charge in [-0.3, -0.25) is 0 Å². The van der Waals surface area contributed by atoms with Crippen molar-refractivity contribution in [2.24, 2.45) is 0 Å². The molecule has 1 aromatic carbocycles. The zero-order valence-corrected chi connectivity index (χ0v) is 10.6. The van der Waals surface area contributed by atoms with Crippen molar-refractivity contribution in [3.8, 4) is 6.07 Å². The second-order valence-electron chi connectivity index (χ2n) is 4.19. The number of rotatable bonds is 2. The summed E-state index contributed by atoms with van der Waals surface area (Å²) in [5.41, 5.74) is -0.400. The first-order chi connectivity index (χ1) is 8.57. The Hall–Kier alpha value is -1.45. The van der Waals surface area contributed by atoms with Crippen molar-refractivity contribution in [3.63, 3.8) is 0 Å². The zero-order chi connectivity index (χ0) is 13.2. The van der Waals surface area contributed by atoms with Crippen molar-refractivity contribution in [3.05, 3.63) is 29.6 Å². The highest BCUT2D eigenvalue weighted by Gasteiger charge is 2.29. The van der Waals surface area contributed by atoms with Gasteiger partial charge in [-0.1, -0.05) is 12.5 Å². The standard InChI is InChI=1S/C12H13FN2O2S/c13-11-5-4-6-12(10(11)9-14)18(16,17)15-7-2-1-3-8-15/h4-6H,1-3,7-8H2. The molecule has 0 aliphatic carbocycles. The van der Waals surface area contributed by atoms with Crippen LogP contribution in [0.4, 0.5) is 4.39 Å². The van der Waals surface area contributed by atoms with E-state index in [1.54, 1.807) is 6.07 Å². The van der Waals surface area contributed by atoms with Crippen LogP contribution in [0.25, 0.3) is 0 Å². The molecule has 4 nitrogen and oxygen atoms in total. The number of halogens is 1. The van der Waals surface area contributed by atoms with Gasteiger partial charge >= 0.3 is 0 Å². The lowest BCUT2D eigenvalue weighted by molar-refractivity contribution is 0.346. The van der Waals surface area contributed by atoms with E-state index >= 15 is 0 Å². The number of hydrogen-bond acceptors (Lipinski definition) is 3. The molecule has 1 heterocycles. The summed E-state index contributed by atoms with van der Waals surface area (Å²) in [7, 11) is -3.76. The minimum atomic E-state index is -3.76. The fraction of sp³-hybridized carbons (Fsp3) is 0.417. The summed E-state index contributed by atoms with van der Waals surface area (Å²) in [4.78, 5) is -0.230. The van der Waals surface area contributed by atoms with E-state index in [4.69, 9.17) is 5.26 Å². The van der Waals surface area contributed by atoms with Gasteiger partial charge in [-0.2, -0.15) is 9.57 Å². The van der Waals surface area contributed by atoms with Crippen molar-refractivity contribution in [2.45, 2.75) is 24.2 Å². The van der Waals surface area contributed by atoms with Gasteiger partial charge in [-0.05, 0) is 25.0 Å². The molecule has 0 radical (unpaired) electrons. The molecule has 1 fully saturated rings. The van der Waals surface area contributed by atoms with Gasteiger partial charge in [-0.15, -0.1) is 0 Å². The summed E-state index contributed by atoms with van der Waals surface area (Å²) < 4.78 is 39.4. The van der Waals surface area contributed by atoms with Crippen LogP contribution in [0.2, 0.25) is 0 Å². The molecule has 96 valence electrons. The normalized spacial score (nSPS) is 17.3. The van der Waals surface area contributed by atoms with Gasteiger partial charge in [0.1, 0.15) is 22.3 Å². The van der Waals surface area contributed by atoms with E-state index in [1.807, 2.05) is 0 Å². The number of nitrogens with zero attached hydrogens (tertiary/aromatic N) is 2. The predicted octanol–water partition coefficient (Wildman–Crippen LogP) is 1.87. The molecule has 0 bridgehead atoms. The highest BCUT2D eigenvalue weighted by atomic mass is 32.2. The van der Waals surface area contributed by atoms with Gasteiger partial charge in [0.15, 0.2) is 0 Å². The van der Waals surface area contributed by atoms with Crippen LogP contribution in [-0.2, 0) is 10.0 Å². The fourth-order valence-electron chi connectivity index (χ4n) is 2.07. The molecule has 0 amide bonds. The van der Waals surface area contributed by atoms with Crippen molar-refractivity contribution >= 4 is 10.0 Å². The number of piperidine rings is 1. The molecule has 1 aliphatic rings. The Morgan fingerprint density at radius 2 is 1.89 bits per heavy atom. The highest BCUT2D eigenvalue weighted by molar-refractivity contribution is 7.89. The van der Waals surface area contributed by atoms with Crippen LogP contribution >= 0.6 is 0 Å². The molecule has 0 N–H and O–H groups in total. The first-order valence-corrected chi connectivity index (χ1v) is 7.20. The van der Waals surface area contributed by atoms with E-state index in [0.717, 1.165) is 25.3 Å². The van der Waals surface area contributed by atoms with Crippen LogP contribution in [0.3, 0.4) is 0 Å². The van der Waals surface area contributed by atoms with E-state index in [9.17, 15) is 12.8 Å². The highest BCUT2D eigenvalue weighted by Crippen LogP contribution is 2.24. The Balaban J connectivity index is 2.48. The van der Waals surface area contributed by atoms with Crippen LogP contribution in [0, 0.1) is 17.1 Å². The molecule has 0 unspecified atom stereocenters. The van der Waals surface area contributed by atoms with Crippen LogP contribution in [-0.4, -0.2) is 25.8 Å². The lowest BCUT2D eigenvalue weighted by atomic mass is 10.2. The molecule has 1 aromatic rings. The maximum atomic E-state index is 13.4. The number of nitriles is 1. The van der Waals surface area contributed by atoms with E-state index in [2.05, 4.69) is 0 Å². The average molecular weight is 268 g/mol. The maximum absolute atomic E-state index is 13.4. The lowest BCUT2D eigenvalue weighted by Gasteiger charge is -2.26. The number of sulfonamides is 1. The predicted molar refractivity (Wildman–Crippen MR) is 63.7 cm³/mol. The van der Waals surface area contributed by atoms with E-state index in [-0.39, 0.29) is 4.90 Å². The van der Waals surface area contributed by atoms with Gasteiger partial charge in [0.25, 0.3) is 0 Å². The minimum absolute atomic E-state index is 0.230. The molecule has 0 aromatic heterocycles. The van der Waals surface area contributed by atoms with Gasteiger partial charge in [0.2, 0.25) is 10.0 Å². The molecule has 1 aliphatic heterocycles. The van der Waals surface area contributed by atoms with Crippen molar-refractivity contribution in [2.75, 3.05) is 13.1 Å². The Morgan fingerprint density at radius 3 is 2.50 bits per heavy atom. The SMILES string of the molecule is N#Cc1c(F)cccc1S(=O)(=O)N1CCCCC1. The van der Waals surface area contributed by atoms with Crippen molar-refractivity contribution in [1.29, 1.82) is 5.26 Å². The smallest absolute Gasteiger partial charge is 0.207 e. The van der Waals surface area contributed by atoms with Crippen molar-refractivity contribution in [1.82, 2.24) is 4.31 Å². The van der Waals surface area contributed by atoms with Crippen molar-refractivity contribution < 1.29 is 12.8 Å². The lowest BCUT2D eigenvalue weighted by Crippen LogP contribution is -2.36. The third-order valence-corrected chi connectivity index (χ3v) is 4.96. The van der Waals surface area contributed by atoms with Gasteiger partial charge in [0.05, 0.1) is 0 Å². The average Bonchev–Trinajstić information content (AvgIpc) is 2.39. The first kappa shape index (κ1) is 13.0. The van der Waals surface area contributed by atoms with E-state index < -0.39 is 21.4 Å². The Morgan fingerprint density at radius 1 is 1.22 bits per heavy atom. The third kappa shape index (κ3) is 2.24. The zero-order valence-electron chi connectivity index (χ0n) is 9.76. The number of hydrogen-bond donors (Lipinski definition) is 0. The summed E-state index contributed by atoms with van der Waals surface area (Å²) in [5, 5.41) is 8.89. The van der Waals surface area contributed by atoms with Crippen LogP contribution < -0.4 is 0 Å². The van der Waals surface area contributed by atoms with Gasteiger partial charge < -0.3 is 0 Å². The summed E-state index contributed by atoms with van der Waals surface area (Å²) in [6.45, 7) is 0.868. The largest absolute Gasteiger partial charge is 0.244 e. The van der Waals surface area contributed by atoms with Gasteiger partial charge in [-0.25, -0.2) is 12.8 Å². The Bertz CT molecular complexity index is 587. The number of benzene rings is 1. The Kier molecular flexibility index (Phi) is 3.64. The van der Waals surface area contributed by atoms with Gasteiger partial charge in [0, 0.05) is 13.1 Å². The maximum Gasteiger partial charge on any atom is 0.244 e. The van der Waals surface area contributed by atoms with Crippen LogP contribution in [0.5, 0.6) is 0 Å². The molecule has 0 saturated carbocycles. The minimum Gasteiger partial charge on any atom is -0.207 e. The fourth-order valence-corrected chi connectivity index (χ4v) is 3.74. The molecule has 0 atom stereocenters. The monoisotopic (exact) mass is 268 g/mol. The molecule has 0 spiro atoms. The van der Waals surface area contributed by atoms with E-state index in [0.29, 0.717) is 13.1 Å². The molecular weight excluding hydrogens is 255 g/mol. The Labute approximate surface area is 106 Å². The summed E-state index contributed by atoms with van der Waals surface area (Å²) in [6.07, 6.45) is 2.60. The molecule has 2 rings (SSSR count). The summed E-state index contributed by atoms with van der Waals surface area (Å²) in [6, 6.07) is 5.32. The second-order valence-corrected chi connectivity index (χ2v) is 6.10. The van der Waals surface area contributed by atoms with Crippen LogP contribution in [0.15, 0.2) is 23.1 Å². The topological polar surface area (TPSA) is 61.2 Å². The first-order valence-electron chi connectivity index (χ1n) is 5.76. The molecule has 18 heavy (non-hydrogen) atoms. The molecule has 1 saturated heterocycles. The summed E-state index contributed by atoms with van der Waals surface area (Å²) in [5.74, 6) is -0.796. The van der Waals surface area contributed by atoms with E-state index in [1.165, 1.54) is 16.4 Å². The molecule has 6 heteroatoms. The summed E-state index contributed by atoms with van der Waals surface area (Å²) >= 11 is 0. The second kappa shape index (κ2) is 5.04. The quantitative estimate of drug-likeness (QED) is 0.822. The van der Waals surface area contributed by atoms with Crippen LogP contribution in [0.1, 0.15) is 24.8 Å². The molecular formula is C12H13FN2O2S.